The van der Waals surface area contributed by atoms with Crippen LogP contribution in [-0.4, -0.2) is 15.4 Å². The second kappa shape index (κ2) is 4.12. The minimum absolute atomic E-state index is 0.477. The number of hydrogen-bond acceptors (Lipinski definition) is 2. The van der Waals surface area contributed by atoms with Gasteiger partial charge >= 0.3 is 0 Å². The van der Waals surface area contributed by atoms with Crippen LogP contribution in [0.15, 0.2) is 54.9 Å². The van der Waals surface area contributed by atoms with Crippen molar-refractivity contribution in [3.05, 3.63) is 66.0 Å². The van der Waals surface area contributed by atoms with E-state index in [2.05, 4.69) is 45.0 Å². The Balaban J connectivity index is 1.62. The van der Waals surface area contributed by atoms with Crippen LogP contribution in [0.4, 0.5) is 5.82 Å². The Hall–Kier alpha value is -2.29. The highest BCUT2D eigenvalue weighted by Crippen LogP contribution is 2.24. The van der Waals surface area contributed by atoms with Crippen LogP contribution >= 0.6 is 0 Å². The van der Waals surface area contributed by atoms with Crippen molar-refractivity contribution in [2.75, 3.05) is 5.32 Å². The number of fused-ring (bicyclic) bond motifs is 2. The summed E-state index contributed by atoms with van der Waals surface area (Å²) in [5, 5.41) is 3.64. The molecule has 0 unspecified atom stereocenters. The maximum absolute atomic E-state index is 4.32. The topological polar surface area (TPSA) is 29.3 Å². The Kier molecular flexibility index (Phi) is 2.30. The molecule has 0 radical (unpaired) electrons. The van der Waals surface area contributed by atoms with E-state index in [4.69, 9.17) is 0 Å². The van der Waals surface area contributed by atoms with Gasteiger partial charge in [0.15, 0.2) is 0 Å². The first-order valence-electron chi connectivity index (χ1n) is 6.65. The molecule has 0 atom stereocenters. The summed E-state index contributed by atoms with van der Waals surface area (Å²) in [7, 11) is 0. The molecular formula is C16H15N3. The van der Waals surface area contributed by atoms with Gasteiger partial charge in [-0.3, -0.25) is 4.40 Å². The molecule has 0 saturated heterocycles. The summed E-state index contributed by atoms with van der Waals surface area (Å²) in [4.78, 5) is 4.32. The monoisotopic (exact) mass is 249 g/mol. The standard InChI is InChI=1S/C16H15N3/c1-2-5-13-11-14(10-12(13)4-1)18-16-7-3-6-15-17-8-9-19(15)16/h1-9,14,18H,10-11H2. The van der Waals surface area contributed by atoms with Crippen molar-refractivity contribution in [3.8, 4) is 0 Å². The van der Waals surface area contributed by atoms with Crippen LogP contribution in [-0.2, 0) is 12.8 Å². The maximum atomic E-state index is 4.32. The van der Waals surface area contributed by atoms with Gasteiger partial charge in [-0.05, 0) is 36.1 Å². The first kappa shape index (κ1) is 10.6. The van der Waals surface area contributed by atoms with Crippen molar-refractivity contribution in [1.29, 1.82) is 0 Å². The van der Waals surface area contributed by atoms with Crippen LogP contribution in [0.5, 0.6) is 0 Å². The third-order valence-corrected chi connectivity index (χ3v) is 3.83. The lowest BCUT2D eigenvalue weighted by Crippen LogP contribution is -2.20. The van der Waals surface area contributed by atoms with E-state index in [9.17, 15) is 0 Å². The van der Waals surface area contributed by atoms with E-state index in [1.165, 1.54) is 11.1 Å². The lowest BCUT2D eigenvalue weighted by Gasteiger charge is -2.15. The number of hydrogen-bond donors (Lipinski definition) is 1. The number of nitrogens with zero attached hydrogens (tertiary/aromatic N) is 2. The van der Waals surface area contributed by atoms with E-state index in [-0.39, 0.29) is 0 Å². The molecule has 3 aromatic rings. The van der Waals surface area contributed by atoms with Crippen molar-refractivity contribution in [2.24, 2.45) is 0 Å². The molecule has 0 bridgehead atoms. The molecule has 0 saturated carbocycles. The van der Waals surface area contributed by atoms with Crippen LogP contribution in [0.25, 0.3) is 5.65 Å². The number of imidazole rings is 1. The zero-order valence-electron chi connectivity index (χ0n) is 10.6. The number of pyridine rings is 1. The summed E-state index contributed by atoms with van der Waals surface area (Å²) in [6.45, 7) is 0. The largest absolute Gasteiger partial charge is 0.368 e. The van der Waals surface area contributed by atoms with Crippen molar-refractivity contribution in [1.82, 2.24) is 9.38 Å². The summed E-state index contributed by atoms with van der Waals surface area (Å²) >= 11 is 0. The fourth-order valence-electron chi connectivity index (χ4n) is 2.94. The molecule has 1 N–H and O–H groups in total. The molecule has 1 aliphatic carbocycles. The van der Waals surface area contributed by atoms with Gasteiger partial charge in [-0.25, -0.2) is 4.98 Å². The SMILES string of the molecule is c1ccc2c(c1)CC(Nc1cccc3nccn13)C2. The molecule has 4 rings (SSSR count). The Morgan fingerprint density at radius 1 is 1.00 bits per heavy atom. The average molecular weight is 249 g/mol. The van der Waals surface area contributed by atoms with Crippen molar-refractivity contribution >= 4 is 11.5 Å². The summed E-state index contributed by atoms with van der Waals surface area (Å²) in [6.07, 6.45) is 6.03. The predicted molar refractivity (Wildman–Crippen MR) is 76.5 cm³/mol. The molecular weight excluding hydrogens is 234 g/mol. The second-order valence-corrected chi connectivity index (χ2v) is 5.08. The van der Waals surface area contributed by atoms with E-state index in [1.54, 1.807) is 0 Å². The lowest BCUT2D eigenvalue weighted by molar-refractivity contribution is 0.766. The Labute approximate surface area is 111 Å². The molecule has 0 amide bonds. The fraction of sp³-hybridized carbons (Fsp3) is 0.188. The van der Waals surface area contributed by atoms with Crippen molar-refractivity contribution in [3.63, 3.8) is 0 Å². The highest BCUT2D eigenvalue weighted by Gasteiger charge is 2.21. The van der Waals surface area contributed by atoms with E-state index in [1.807, 2.05) is 24.5 Å². The van der Waals surface area contributed by atoms with Gasteiger partial charge in [0.25, 0.3) is 0 Å². The zero-order chi connectivity index (χ0) is 12.7. The molecule has 2 heterocycles. The molecule has 0 spiro atoms. The summed E-state index contributed by atoms with van der Waals surface area (Å²) in [5.41, 5.74) is 3.93. The second-order valence-electron chi connectivity index (χ2n) is 5.08. The summed E-state index contributed by atoms with van der Waals surface area (Å²) < 4.78 is 2.10. The van der Waals surface area contributed by atoms with Gasteiger partial charge in [0, 0.05) is 18.4 Å². The third kappa shape index (κ3) is 1.78. The number of benzene rings is 1. The van der Waals surface area contributed by atoms with Gasteiger partial charge < -0.3 is 5.32 Å². The highest BCUT2D eigenvalue weighted by molar-refractivity contribution is 5.51. The summed E-state index contributed by atoms with van der Waals surface area (Å²) in [5.74, 6) is 1.12. The van der Waals surface area contributed by atoms with Crippen LogP contribution < -0.4 is 5.32 Å². The van der Waals surface area contributed by atoms with E-state index < -0.39 is 0 Å². The van der Waals surface area contributed by atoms with Gasteiger partial charge in [0.1, 0.15) is 11.5 Å². The highest BCUT2D eigenvalue weighted by atomic mass is 15.1. The normalized spacial score (nSPS) is 14.7. The predicted octanol–water partition coefficient (Wildman–Crippen LogP) is 2.91. The number of anilines is 1. The molecule has 2 aromatic heterocycles. The van der Waals surface area contributed by atoms with Crippen LogP contribution in [0.2, 0.25) is 0 Å². The lowest BCUT2D eigenvalue weighted by atomic mass is 10.1. The van der Waals surface area contributed by atoms with Gasteiger partial charge in [0.05, 0.1) is 0 Å². The van der Waals surface area contributed by atoms with E-state index in [0.717, 1.165) is 24.3 Å². The van der Waals surface area contributed by atoms with E-state index >= 15 is 0 Å². The fourth-order valence-corrected chi connectivity index (χ4v) is 2.94. The maximum Gasteiger partial charge on any atom is 0.138 e. The van der Waals surface area contributed by atoms with Crippen molar-refractivity contribution in [2.45, 2.75) is 18.9 Å². The number of rotatable bonds is 2. The molecule has 1 aromatic carbocycles. The van der Waals surface area contributed by atoms with Gasteiger partial charge in [-0.15, -0.1) is 0 Å². The van der Waals surface area contributed by atoms with Crippen LogP contribution in [0, 0.1) is 0 Å². The quantitative estimate of drug-likeness (QED) is 0.756. The number of nitrogens with one attached hydrogen (secondary N) is 1. The number of aromatic nitrogens is 2. The van der Waals surface area contributed by atoms with Crippen LogP contribution in [0.1, 0.15) is 11.1 Å². The molecule has 19 heavy (non-hydrogen) atoms. The Morgan fingerprint density at radius 3 is 2.58 bits per heavy atom. The zero-order valence-corrected chi connectivity index (χ0v) is 10.6. The smallest absolute Gasteiger partial charge is 0.138 e. The molecule has 0 aliphatic heterocycles. The van der Waals surface area contributed by atoms with Crippen molar-refractivity contribution < 1.29 is 0 Å². The van der Waals surface area contributed by atoms with Gasteiger partial charge in [-0.1, -0.05) is 30.3 Å². The third-order valence-electron chi connectivity index (χ3n) is 3.83. The van der Waals surface area contributed by atoms with Crippen LogP contribution in [0.3, 0.4) is 0 Å². The van der Waals surface area contributed by atoms with Gasteiger partial charge in [0.2, 0.25) is 0 Å². The average Bonchev–Trinajstić information content (AvgIpc) is 3.04. The molecule has 1 aliphatic rings. The molecule has 3 heteroatoms. The molecule has 3 nitrogen and oxygen atoms in total. The minimum Gasteiger partial charge on any atom is -0.368 e. The first-order valence-corrected chi connectivity index (χ1v) is 6.65. The Morgan fingerprint density at radius 2 is 1.79 bits per heavy atom. The molecule has 0 fully saturated rings. The van der Waals surface area contributed by atoms with Gasteiger partial charge in [-0.2, -0.15) is 0 Å². The summed E-state index contributed by atoms with van der Waals surface area (Å²) in [6, 6.07) is 15.4. The first-order chi connectivity index (χ1) is 9.40. The Bertz CT molecular complexity index is 704. The van der Waals surface area contributed by atoms with E-state index in [0.29, 0.717) is 6.04 Å². The minimum atomic E-state index is 0.477. The molecule has 94 valence electrons.